The first-order valence-electron chi connectivity index (χ1n) is 7.93. The predicted molar refractivity (Wildman–Crippen MR) is 95.0 cm³/mol. The van der Waals surface area contributed by atoms with Crippen LogP contribution in [0.1, 0.15) is 41.0 Å². The SMILES string of the molecule is CC1=C(/C=C/C(C)=C/C=C/C(C)=C/CO)C(C)(C)CC(O)C1=O. The van der Waals surface area contributed by atoms with Crippen LogP contribution in [-0.2, 0) is 4.79 Å². The van der Waals surface area contributed by atoms with Gasteiger partial charge in [0, 0.05) is 0 Å². The van der Waals surface area contributed by atoms with Crippen LogP contribution in [0.3, 0.4) is 0 Å². The quantitative estimate of drug-likeness (QED) is 0.761. The van der Waals surface area contributed by atoms with Crippen LogP contribution in [0.4, 0.5) is 0 Å². The second-order valence-corrected chi connectivity index (χ2v) is 6.74. The van der Waals surface area contributed by atoms with Gasteiger partial charge in [-0.3, -0.25) is 4.79 Å². The van der Waals surface area contributed by atoms with Crippen LogP contribution >= 0.6 is 0 Å². The molecule has 0 aromatic carbocycles. The van der Waals surface area contributed by atoms with Gasteiger partial charge < -0.3 is 10.2 Å². The molecule has 2 N–H and O–H groups in total. The fourth-order valence-electron chi connectivity index (χ4n) is 2.76. The van der Waals surface area contributed by atoms with Gasteiger partial charge in [0.15, 0.2) is 5.78 Å². The molecule has 3 nitrogen and oxygen atoms in total. The zero-order valence-electron chi connectivity index (χ0n) is 14.8. The van der Waals surface area contributed by atoms with Crippen molar-refractivity contribution in [3.05, 3.63) is 58.7 Å². The lowest BCUT2D eigenvalue weighted by Gasteiger charge is -2.34. The van der Waals surface area contributed by atoms with Gasteiger partial charge >= 0.3 is 0 Å². The van der Waals surface area contributed by atoms with Crippen molar-refractivity contribution in [2.45, 2.75) is 47.1 Å². The Labute approximate surface area is 139 Å². The normalized spacial score (nSPS) is 23.4. The molecule has 1 aliphatic carbocycles. The smallest absolute Gasteiger partial charge is 0.187 e. The molecule has 1 rings (SSSR count). The molecule has 0 heterocycles. The van der Waals surface area contributed by atoms with Gasteiger partial charge in [-0.05, 0) is 43.8 Å². The lowest BCUT2D eigenvalue weighted by molar-refractivity contribution is -0.125. The molecule has 0 bridgehead atoms. The largest absolute Gasteiger partial charge is 0.392 e. The molecular weight excluding hydrogens is 288 g/mol. The van der Waals surface area contributed by atoms with Crippen LogP contribution in [-0.4, -0.2) is 28.7 Å². The molecule has 0 amide bonds. The van der Waals surface area contributed by atoms with E-state index in [1.165, 1.54) is 0 Å². The van der Waals surface area contributed by atoms with E-state index in [2.05, 4.69) is 0 Å². The van der Waals surface area contributed by atoms with E-state index in [1.807, 2.05) is 58.1 Å². The Bertz CT molecular complexity index is 598. The van der Waals surface area contributed by atoms with Crippen molar-refractivity contribution in [3.8, 4) is 0 Å². The topological polar surface area (TPSA) is 57.5 Å². The number of hydrogen-bond acceptors (Lipinski definition) is 3. The van der Waals surface area contributed by atoms with Gasteiger partial charge in [-0.15, -0.1) is 0 Å². The number of aliphatic hydroxyl groups excluding tert-OH is 2. The highest BCUT2D eigenvalue weighted by molar-refractivity contribution is 6.00. The van der Waals surface area contributed by atoms with Crippen molar-refractivity contribution >= 4 is 5.78 Å². The maximum atomic E-state index is 12.0. The van der Waals surface area contributed by atoms with E-state index in [-0.39, 0.29) is 17.8 Å². The third kappa shape index (κ3) is 5.45. The second kappa shape index (κ2) is 8.23. The third-order valence-electron chi connectivity index (χ3n) is 4.15. The number of allylic oxidation sites excluding steroid dienone is 8. The maximum absolute atomic E-state index is 12.0. The number of rotatable bonds is 5. The Kier molecular flexibility index (Phi) is 6.92. The first-order valence-corrected chi connectivity index (χ1v) is 7.93. The van der Waals surface area contributed by atoms with Crippen LogP contribution in [0.2, 0.25) is 0 Å². The van der Waals surface area contributed by atoms with Crippen molar-refractivity contribution < 1.29 is 15.0 Å². The molecule has 1 unspecified atom stereocenters. The molecule has 0 fully saturated rings. The van der Waals surface area contributed by atoms with Crippen molar-refractivity contribution in [1.29, 1.82) is 0 Å². The molecule has 126 valence electrons. The van der Waals surface area contributed by atoms with E-state index in [9.17, 15) is 9.90 Å². The first kappa shape index (κ1) is 19.3. The minimum absolute atomic E-state index is 0.0428. The van der Waals surface area contributed by atoms with E-state index >= 15 is 0 Å². The summed E-state index contributed by atoms with van der Waals surface area (Å²) in [4.78, 5) is 12.0. The van der Waals surface area contributed by atoms with Gasteiger partial charge in [0.2, 0.25) is 0 Å². The van der Waals surface area contributed by atoms with Crippen LogP contribution < -0.4 is 0 Å². The second-order valence-electron chi connectivity index (χ2n) is 6.74. The fourth-order valence-corrected chi connectivity index (χ4v) is 2.76. The molecule has 0 aromatic rings. The number of carbonyl (C=O) groups is 1. The maximum Gasteiger partial charge on any atom is 0.187 e. The Morgan fingerprint density at radius 1 is 1.26 bits per heavy atom. The monoisotopic (exact) mass is 316 g/mol. The lowest BCUT2D eigenvalue weighted by Crippen LogP contribution is -2.35. The Hall–Kier alpha value is -1.71. The minimum atomic E-state index is -0.886. The molecule has 3 heteroatoms. The summed E-state index contributed by atoms with van der Waals surface area (Å²) in [7, 11) is 0. The molecule has 0 saturated carbocycles. The Morgan fingerprint density at radius 3 is 2.52 bits per heavy atom. The van der Waals surface area contributed by atoms with Crippen LogP contribution in [0.15, 0.2) is 58.7 Å². The summed E-state index contributed by atoms with van der Waals surface area (Å²) in [6, 6.07) is 0. The van der Waals surface area contributed by atoms with Crippen molar-refractivity contribution in [3.63, 3.8) is 0 Å². The van der Waals surface area contributed by atoms with Crippen LogP contribution in [0.5, 0.6) is 0 Å². The van der Waals surface area contributed by atoms with Crippen molar-refractivity contribution in [2.75, 3.05) is 6.61 Å². The van der Waals surface area contributed by atoms with Gasteiger partial charge in [-0.25, -0.2) is 0 Å². The molecule has 0 radical (unpaired) electrons. The number of hydrogen-bond donors (Lipinski definition) is 2. The fraction of sp³-hybridized carbons (Fsp3) is 0.450. The average Bonchev–Trinajstić information content (AvgIpc) is 2.44. The summed E-state index contributed by atoms with van der Waals surface area (Å²) >= 11 is 0. The summed E-state index contributed by atoms with van der Waals surface area (Å²) in [5.41, 5.74) is 3.49. The van der Waals surface area contributed by atoms with Gasteiger partial charge in [0.05, 0.1) is 6.61 Å². The predicted octanol–water partition coefficient (Wildman–Crippen LogP) is 3.66. The summed E-state index contributed by atoms with van der Waals surface area (Å²) in [5, 5.41) is 18.6. The first-order chi connectivity index (χ1) is 10.7. The van der Waals surface area contributed by atoms with E-state index in [0.717, 1.165) is 16.7 Å². The number of carbonyl (C=O) groups excluding carboxylic acids is 1. The molecular formula is C20H28O3. The molecule has 1 aliphatic rings. The van der Waals surface area contributed by atoms with E-state index in [1.54, 1.807) is 13.0 Å². The van der Waals surface area contributed by atoms with Crippen molar-refractivity contribution in [1.82, 2.24) is 0 Å². The number of ketones is 1. The van der Waals surface area contributed by atoms with E-state index < -0.39 is 6.10 Å². The number of aliphatic hydroxyl groups is 2. The van der Waals surface area contributed by atoms with Gasteiger partial charge in [0.1, 0.15) is 6.10 Å². The minimum Gasteiger partial charge on any atom is -0.392 e. The zero-order valence-corrected chi connectivity index (χ0v) is 14.8. The van der Waals surface area contributed by atoms with E-state index in [4.69, 9.17) is 5.11 Å². The summed E-state index contributed by atoms with van der Waals surface area (Å²) in [6.07, 6.45) is 11.1. The highest BCUT2D eigenvalue weighted by atomic mass is 16.3. The average molecular weight is 316 g/mol. The highest BCUT2D eigenvalue weighted by Gasteiger charge is 2.36. The summed E-state index contributed by atoms with van der Waals surface area (Å²) in [5.74, 6) is -0.171. The summed E-state index contributed by atoms with van der Waals surface area (Å²) < 4.78 is 0. The van der Waals surface area contributed by atoms with Gasteiger partial charge in [0.25, 0.3) is 0 Å². The molecule has 23 heavy (non-hydrogen) atoms. The molecule has 0 aromatic heterocycles. The lowest BCUT2D eigenvalue weighted by atomic mass is 9.71. The molecule has 0 spiro atoms. The van der Waals surface area contributed by atoms with Crippen LogP contribution in [0.25, 0.3) is 0 Å². The van der Waals surface area contributed by atoms with Gasteiger partial charge in [-0.2, -0.15) is 0 Å². The van der Waals surface area contributed by atoms with Crippen LogP contribution in [0, 0.1) is 5.41 Å². The Morgan fingerprint density at radius 2 is 1.91 bits per heavy atom. The Balaban J connectivity index is 2.94. The van der Waals surface area contributed by atoms with Crippen molar-refractivity contribution in [2.24, 2.45) is 5.41 Å². The summed E-state index contributed by atoms with van der Waals surface area (Å²) in [6.45, 7) is 9.85. The van der Waals surface area contributed by atoms with E-state index in [0.29, 0.717) is 12.0 Å². The molecule has 0 aliphatic heterocycles. The highest BCUT2D eigenvalue weighted by Crippen LogP contribution is 2.39. The molecule has 1 atom stereocenters. The van der Waals surface area contributed by atoms with Gasteiger partial charge in [-0.1, -0.05) is 61.4 Å². The standard InChI is InChI=1S/C20H28O3/c1-14(7-6-8-15(2)11-12-21)9-10-17-16(3)19(23)18(22)13-20(17,4)5/h6-11,18,21-22H,12-13H2,1-5H3/b8-6+,10-9+,14-7+,15-11+. The number of Topliss-reactive ketones (excluding diaryl/α,β-unsaturated/α-hetero) is 1. The molecule has 0 saturated heterocycles. The third-order valence-corrected chi connectivity index (χ3v) is 4.15. The zero-order chi connectivity index (χ0) is 17.6.